The lowest BCUT2D eigenvalue weighted by molar-refractivity contribution is 0.0746. The van der Waals surface area contributed by atoms with Crippen LogP contribution < -0.4 is 0 Å². The van der Waals surface area contributed by atoms with Crippen molar-refractivity contribution in [2.45, 2.75) is 39.3 Å². The lowest BCUT2D eigenvalue weighted by Gasteiger charge is -2.24. The minimum Gasteiger partial charge on any atom is -0.338 e. The maximum Gasteiger partial charge on any atom is 0.255 e. The van der Waals surface area contributed by atoms with E-state index in [0.717, 1.165) is 11.0 Å². The summed E-state index contributed by atoms with van der Waals surface area (Å²) in [5.41, 5.74) is 1.88. The molecule has 0 N–H and O–H groups in total. The van der Waals surface area contributed by atoms with Crippen molar-refractivity contribution < 1.29 is 13.2 Å². The summed E-state index contributed by atoms with van der Waals surface area (Å²) < 4.78 is 25.1. The van der Waals surface area contributed by atoms with Gasteiger partial charge < -0.3 is 4.90 Å². The Labute approximate surface area is 141 Å². The summed E-state index contributed by atoms with van der Waals surface area (Å²) in [4.78, 5) is 18.9. The minimum atomic E-state index is -3.03. The molecule has 1 aliphatic rings. The molecule has 0 radical (unpaired) electrons. The predicted molar refractivity (Wildman–Crippen MR) is 91.8 cm³/mol. The summed E-state index contributed by atoms with van der Waals surface area (Å²) in [5.74, 6) is -0.0107. The van der Waals surface area contributed by atoms with E-state index in [4.69, 9.17) is 0 Å². The van der Waals surface area contributed by atoms with E-state index < -0.39 is 9.84 Å². The Hall–Kier alpha value is -1.96. The molecule has 1 amide bonds. The van der Waals surface area contributed by atoms with Crippen molar-refractivity contribution in [3.8, 4) is 0 Å². The van der Waals surface area contributed by atoms with Gasteiger partial charge in [-0.15, -0.1) is 0 Å². The average molecular weight is 350 g/mol. The molecule has 24 heavy (non-hydrogen) atoms. The summed E-state index contributed by atoms with van der Waals surface area (Å²) in [6.07, 6.45) is 2.20. The largest absolute Gasteiger partial charge is 0.338 e. The van der Waals surface area contributed by atoms with Gasteiger partial charge in [0.15, 0.2) is 15.5 Å². The molecule has 3 rings (SSSR count). The van der Waals surface area contributed by atoms with E-state index in [-0.39, 0.29) is 29.5 Å². The number of hydrogen-bond donors (Lipinski definition) is 0. The fourth-order valence-corrected chi connectivity index (χ4v) is 4.87. The third-order valence-electron chi connectivity index (χ3n) is 4.56. The zero-order valence-electron chi connectivity index (χ0n) is 14.4. The monoisotopic (exact) mass is 350 g/mol. The quantitative estimate of drug-likeness (QED) is 0.839. The molecule has 0 aliphatic carbocycles. The molecular weight excluding hydrogens is 328 g/mol. The summed E-state index contributed by atoms with van der Waals surface area (Å²) in [5, 5.41) is 5.14. The Morgan fingerprint density at radius 1 is 1.42 bits per heavy atom. The number of amides is 1. The highest BCUT2D eigenvalue weighted by molar-refractivity contribution is 7.91. The van der Waals surface area contributed by atoms with Crippen LogP contribution in [0.2, 0.25) is 0 Å². The second kappa shape index (κ2) is 5.84. The average Bonchev–Trinajstić information content (AvgIpc) is 3.07. The molecule has 8 heteroatoms. The summed E-state index contributed by atoms with van der Waals surface area (Å²) in [6, 6.07) is 1.71. The topological polar surface area (TPSA) is 85.2 Å². The highest BCUT2D eigenvalue weighted by Crippen LogP contribution is 2.23. The number of aryl methyl sites for hydroxylation is 1. The molecule has 1 aliphatic heterocycles. The van der Waals surface area contributed by atoms with Gasteiger partial charge in [0.1, 0.15) is 0 Å². The van der Waals surface area contributed by atoms with Gasteiger partial charge >= 0.3 is 0 Å². The van der Waals surface area contributed by atoms with E-state index in [1.54, 1.807) is 26.2 Å². The maximum atomic E-state index is 12.8. The predicted octanol–water partition coefficient (Wildman–Crippen LogP) is 1.58. The van der Waals surface area contributed by atoms with Crippen molar-refractivity contribution in [1.82, 2.24) is 19.7 Å². The smallest absolute Gasteiger partial charge is 0.255 e. The number of rotatable bonds is 3. The number of carbonyl (C=O) groups excluding carboxylic acids is 1. The van der Waals surface area contributed by atoms with Crippen molar-refractivity contribution in [2.75, 3.05) is 18.6 Å². The lowest BCUT2D eigenvalue weighted by atomic mass is 10.1. The van der Waals surface area contributed by atoms with E-state index in [1.807, 2.05) is 18.5 Å². The fourth-order valence-electron chi connectivity index (χ4n) is 3.10. The van der Waals surface area contributed by atoms with Gasteiger partial charge in [0, 0.05) is 24.5 Å². The number of hydrogen-bond acceptors (Lipinski definition) is 5. The first-order valence-electron chi connectivity index (χ1n) is 8.02. The molecule has 1 saturated heterocycles. The first-order chi connectivity index (χ1) is 11.2. The molecule has 0 aromatic carbocycles. The van der Waals surface area contributed by atoms with Crippen molar-refractivity contribution in [1.29, 1.82) is 0 Å². The number of fused-ring (bicyclic) bond motifs is 1. The Balaban J connectivity index is 1.94. The van der Waals surface area contributed by atoms with Crippen LogP contribution in [-0.4, -0.2) is 58.6 Å². The second-order valence-corrected chi connectivity index (χ2v) is 8.92. The SMILES string of the molecule is Cc1nc2c(cnn2C(C)C)cc1C(=O)N(C)C1CCS(=O)(=O)C1. The van der Waals surface area contributed by atoms with Crippen molar-refractivity contribution in [2.24, 2.45) is 0 Å². The van der Waals surface area contributed by atoms with Crippen LogP contribution in [-0.2, 0) is 9.84 Å². The van der Waals surface area contributed by atoms with Gasteiger partial charge in [0.2, 0.25) is 0 Å². The number of carbonyl (C=O) groups is 1. The zero-order valence-corrected chi connectivity index (χ0v) is 15.2. The van der Waals surface area contributed by atoms with Crippen molar-refractivity contribution in [3.05, 3.63) is 23.5 Å². The summed E-state index contributed by atoms with van der Waals surface area (Å²) >= 11 is 0. The maximum absolute atomic E-state index is 12.8. The number of nitrogens with zero attached hydrogens (tertiary/aromatic N) is 4. The molecule has 1 atom stereocenters. The van der Waals surface area contributed by atoms with Gasteiger partial charge in [0.25, 0.3) is 5.91 Å². The Morgan fingerprint density at radius 3 is 2.71 bits per heavy atom. The second-order valence-electron chi connectivity index (χ2n) is 6.69. The third kappa shape index (κ3) is 2.90. The number of sulfone groups is 1. The van der Waals surface area contributed by atoms with E-state index in [0.29, 0.717) is 17.7 Å². The van der Waals surface area contributed by atoms with Crippen LogP contribution >= 0.6 is 0 Å². The minimum absolute atomic E-state index is 0.0369. The Kier molecular flexibility index (Phi) is 4.11. The van der Waals surface area contributed by atoms with Gasteiger partial charge in [-0.05, 0) is 33.3 Å². The highest BCUT2D eigenvalue weighted by Gasteiger charge is 2.33. The van der Waals surface area contributed by atoms with Crippen LogP contribution in [0.15, 0.2) is 12.3 Å². The Morgan fingerprint density at radius 2 is 2.12 bits per heavy atom. The lowest BCUT2D eigenvalue weighted by Crippen LogP contribution is -2.38. The summed E-state index contributed by atoms with van der Waals surface area (Å²) in [6.45, 7) is 5.84. The number of aromatic nitrogens is 3. The molecule has 3 heterocycles. The van der Waals surface area contributed by atoms with Crippen LogP contribution in [0.3, 0.4) is 0 Å². The molecule has 0 spiro atoms. The summed E-state index contributed by atoms with van der Waals surface area (Å²) in [7, 11) is -1.37. The van der Waals surface area contributed by atoms with Gasteiger partial charge in [0.05, 0.1) is 29.0 Å². The van der Waals surface area contributed by atoms with Crippen LogP contribution in [0.4, 0.5) is 0 Å². The van der Waals surface area contributed by atoms with Gasteiger partial charge in [-0.1, -0.05) is 0 Å². The Bertz CT molecular complexity index is 901. The van der Waals surface area contributed by atoms with Crippen LogP contribution in [0, 0.1) is 6.92 Å². The third-order valence-corrected chi connectivity index (χ3v) is 6.31. The van der Waals surface area contributed by atoms with E-state index in [1.165, 1.54) is 4.90 Å². The van der Waals surface area contributed by atoms with Crippen LogP contribution in [0.25, 0.3) is 11.0 Å². The highest BCUT2D eigenvalue weighted by atomic mass is 32.2. The van der Waals surface area contributed by atoms with E-state index >= 15 is 0 Å². The fraction of sp³-hybridized carbons (Fsp3) is 0.562. The van der Waals surface area contributed by atoms with Crippen molar-refractivity contribution >= 4 is 26.8 Å². The van der Waals surface area contributed by atoms with Gasteiger partial charge in [-0.2, -0.15) is 5.10 Å². The van der Waals surface area contributed by atoms with E-state index in [9.17, 15) is 13.2 Å². The van der Waals surface area contributed by atoms with Crippen LogP contribution in [0.1, 0.15) is 42.4 Å². The van der Waals surface area contributed by atoms with Crippen molar-refractivity contribution in [3.63, 3.8) is 0 Å². The molecule has 1 fully saturated rings. The number of pyridine rings is 1. The van der Waals surface area contributed by atoms with Gasteiger partial charge in [-0.25, -0.2) is 18.1 Å². The first-order valence-corrected chi connectivity index (χ1v) is 9.84. The molecule has 2 aromatic heterocycles. The molecule has 2 aromatic rings. The zero-order chi connectivity index (χ0) is 17.6. The van der Waals surface area contributed by atoms with E-state index in [2.05, 4.69) is 10.1 Å². The molecule has 0 bridgehead atoms. The normalized spacial score (nSPS) is 20.0. The molecule has 130 valence electrons. The van der Waals surface area contributed by atoms with Gasteiger partial charge in [-0.3, -0.25) is 4.79 Å². The molecular formula is C16H22N4O3S. The van der Waals surface area contributed by atoms with Crippen LogP contribution in [0.5, 0.6) is 0 Å². The first kappa shape index (κ1) is 16.9. The molecule has 7 nitrogen and oxygen atoms in total. The standard InChI is InChI=1S/C16H22N4O3S/c1-10(2)20-15-12(8-17-20)7-14(11(3)18-15)16(21)19(4)13-5-6-24(22,23)9-13/h7-8,10,13H,5-6,9H2,1-4H3. The molecule has 0 saturated carbocycles. The molecule has 1 unspecified atom stereocenters.